The van der Waals surface area contributed by atoms with Gasteiger partial charge >= 0.3 is 0 Å². The fraction of sp³-hybridized carbons (Fsp3) is 0.438. The van der Waals surface area contributed by atoms with Crippen LogP contribution in [-0.4, -0.2) is 16.7 Å². The molecule has 0 bridgehead atoms. The van der Waals surface area contributed by atoms with Gasteiger partial charge in [-0.2, -0.15) is 5.10 Å². The van der Waals surface area contributed by atoms with Crippen molar-refractivity contribution in [1.82, 2.24) is 15.5 Å². The van der Waals surface area contributed by atoms with Crippen molar-refractivity contribution in [3.05, 3.63) is 52.3 Å². The van der Waals surface area contributed by atoms with Crippen molar-refractivity contribution >= 4 is 11.6 Å². The fourth-order valence-corrected chi connectivity index (χ4v) is 3.90. The summed E-state index contributed by atoms with van der Waals surface area (Å²) >= 11 is 6.04. The number of rotatable bonds is 2. The molecule has 1 atom stereocenters. The molecule has 2 aliphatic rings. The first kappa shape index (κ1) is 12.4. The van der Waals surface area contributed by atoms with Gasteiger partial charge in [-0.25, -0.2) is 0 Å². The van der Waals surface area contributed by atoms with Gasteiger partial charge in [-0.3, -0.25) is 5.10 Å². The van der Waals surface area contributed by atoms with E-state index in [1.54, 1.807) is 0 Å². The normalized spacial score (nSPS) is 23.9. The third-order valence-electron chi connectivity index (χ3n) is 5.00. The van der Waals surface area contributed by atoms with Crippen LogP contribution in [0.5, 0.6) is 0 Å². The summed E-state index contributed by atoms with van der Waals surface area (Å²) in [5.74, 6) is 0. The second-order valence-electron chi connectivity index (χ2n) is 5.96. The fourth-order valence-electron chi connectivity index (χ4n) is 3.78. The lowest BCUT2D eigenvalue weighted by atomic mass is 9.58. The quantitative estimate of drug-likeness (QED) is 0.889. The monoisotopic (exact) mass is 287 g/mol. The second-order valence-corrected chi connectivity index (χ2v) is 6.40. The van der Waals surface area contributed by atoms with Crippen LogP contribution in [-0.2, 0) is 11.8 Å². The Morgan fingerprint density at radius 1 is 1.20 bits per heavy atom. The number of halogens is 1. The molecule has 1 aliphatic heterocycles. The van der Waals surface area contributed by atoms with E-state index in [4.69, 9.17) is 11.6 Å². The standard InChI is InChI=1S/C16H18ClN3/c17-13-4-2-12(3-5-13)16(7-1-8-16)15-14-11(6-9-18-15)10-19-20-14/h2-5,10,15,18H,1,6-9H2,(H,19,20). The molecule has 2 N–H and O–H groups in total. The highest BCUT2D eigenvalue weighted by molar-refractivity contribution is 6.30. The molecular weight excluding hydrogens is 270 g/mol. The molecule has 1 aliphatic carbocycles. The first-order valence-corrected chi connectivity index (χ1v) is 7.69. The third kappa shape index (κ3) is 1.73. The highest BCUT2D eigenvalue weighted by Crippen LogP contribution is 2.53. The maximum Gasteiger partial charge on any atom is 0.0590 e. The maximum atomic E-state index is 6.04. The summed E-state index contributed by atoms with van der Waals surface area (Å²) in [6.45, 7) is 1.03. The number of aromatic nitrogens is 2. The zero-order valence-electron chi connectivity index (χ0n) is 11.3. The lowest BCUT2D eigenvalue weighted by Gasteiger charge is -2.49. The van der Waals surface area contributed by atoms with Crippen LogP contribution in [0.2, 0.25) is 5.02 Å². The lowest BCUT2D eigenvalue weighted by Crippen LogP contribution is -2.49. The van der Waals surface area contributed by atoms with Crippen molar-refractivity contribution in [1.29, 1.82) is 0 Å². The zero-order chi connectivity index (χ0) is 13.6. The second kappa shape index (κ2) is 4.61. The largest absolute Gasteiger partial charge is 0.308 e. The van der Waals surface area contributed by atoms with Gasteiger partial charge in [0.05, 0.1) is 17.9 Å². The van der Waals surface area contributed by atoms with E-state index in [2.05, 4.69) is 27.6 Å². The molecule has 1 saturated carbocycles. The smallest absolute Gasteiger partial charge is 0.0590 e. The van der Waals surface area contributed by atoms with E-state index < -0.39 is 0 Å². The van der Waals surface area contributed by atoms with Crippen molar-refractivity contribution in [3.8, 4) is 0 Å². The van der Waals surface area contributed by atoms with Crippen molar-refractivity contribution in [2.24, 2.45) is 0 Å². The third-order valence-corrected chi connectivity index (χ3v) is 5.25. The van der Waals surface area contributed by atoms with E-state index >= 15 is 0 Å². The van der Waals surface area contributed by atoms with Gasteiger partial charge in [0.2, 0.25) is 0 Å². The Balaban J connectivity index is 1.77. The van der Waals surface area contributed by atoms with E-state index in [0.29, 0.717) is 6.04 Å². The summed E-state index contributed by atoms with van der Waals surface area (Å²) in [4.78, 5) is 0. The number of nitrogens with zero attached hydrogens (tertiary/aromatic N) is 1. The van der Waals surface area contributed by atoms with Gasteiger partial charge in [-0.1, -0.05) is 30.2 Å². The minimum Gasteiger partial charge on any atom is -0.308 e. The summed E-state index contributed by atoms with van der Waals surface area (Å²) in [6.07, 6.45) is 6.80. The van der Waals surface area contributed by atoms with Crippen LogP contribution in [0, 0.1) is 0 Å². The molecule has 20 heavy (non-hydrogen) atoms. The lowest BCUT2D eigenvalue weighted by molar-refractivity contribution is 0.162. The Hall–Kier alpha value is -1.32. The topological polar surface area (TPSA) is 40.7 Å². The minimum atomic E-state index is 0.201. The minimum absolute atomic E-state index is 0.201. The Bertz CT molecular complexity index is 613. The first-order chi connectivity index (χ1) is 9.79. The average molecular weight is 288 g/mol. The molecule has 0 radical (unpaired) electrons. The molecule has 4 heteroatoms. The van der Waals surface area contributed by atoms with Crippen LogP contribution in [0.15, 0.2) is 30.5 Å². The molecule has 1 unspecified atom stereocenters. The highest BCUT2D eigenvalue weighted by Gasteiger charge is 2.48. The molecule has 0 amide bonds. The first-order valence-electron chi connectivity index (χ1n) is 7.31. The molecule has 104 valence electrons. The van der Waals surface area contributed by atoms with E-state index in [1.165, 1.54) is 36.1 Å². The molecule has 4 rings (SSSR count). The number of benzene rings is 1. The van der Waals surface area contributed by atoms with Crippen LogP contribution in [0.3, 0.4) is 0 Å². The van der Waals surface area contributed by atoms with Gasteiger partial charge in [-0.05, 0) is 49.1 Å². The predicted molar refractivity (Wildman–Crippen MR) is 80.0 cm³/mol. The molecular formula is C16H18ClN3. The number of nitrogens with one attached hydrogen (secondary N) is 2. The molecule has 0 spiro atoms. The van der Waals surface area contributed by atoms with Crippen LogP contribution in [0.1, 0.15) is 42.1 Å². The van der Waals surface area contributed by atoms with E-state index in [1.807, 2.05) is 18.3 Å². The molecule has 0 saturated heterocycles. The number of hydrogen-bond acceptors (Lipinski definition) is 2. The average Bonchev–Trinajstić information content (AvgIpc) is 2.89. The van der Waals surface area contributed by atoms with Gasteiger partial charge in [0, 0.05) is 10.4 Å². The molecule has 2 heterocycles. The molecule has 3 nitrogen and oxygen atoms in total. The summed E-state index contributed by atoms with van der Waals surface area (Å²) in [5.41, 5.74) is 4.25. The van der Waals surface area contributed by atoms with Gasteiger partial charge in [0.25, 0.3) is 0 Å². The van der Waals surface area contributed by atoms with Gasteiger partial charge in [0.1, 0.15) is 0 Å². The number of hydrogen-bond donors (Lipinski definition) is 2. The van der Waals surface area contributed by atoms with Crippen molar-refractivity contribution in [2.45, 2.75) is 37.1 Å². The number of fused-ring (bicyclic) bond motifs is 1. The summed E-state index contributed by atoms with van der Waals surface area (Å²) < 4.78 is 0. The molecule has 2 aromatic rings. The predicted octanol–water partition coefficient (Wildman–Crippen LogP) is 3.37. The van der Waals surface area contributed by atoms with E-state index in [0.717, 1.165) is 18.0 Å². The van der Waals surface area contributed by atoms with Crippen molar-refractivity contribution in [2.75, 3.05) is 6.54 Å². The van der Waals surface area contributed by atoms with Crippen LogP contribution < -0.4 is 5.32 Å². The summed E-state index contributed by atoms with van der Waals surface area (Å²) in [5, 5.41) is 12.0. The molecule has 1 aromatic heterocycles. The Labute approximate surface area is 123 Å². The van der Waals surface area contributed by atoms with Crippen molar-refractivity contribution in [3.63, 3.8) is 0 Å². The van der Waals surface area contributed by atoms with Crippen LogP contribution >= 0.6 is 11.6 Å². The summed E-state index contributed by atoms with van der Waals surface area (Å²) in [6, 6.07) is 8.74. The van der Waals surface area contributed by atoms with Crippen LogP contribution in [0.4, 0.5) is 0 Å². The van der Waals surface area contributed by atoms with Gasteiger partial charge < -0.3 is 5.32 Å². The zero-order valence-corrected chi connectivity index (χ0v) is 12.1. The van der Waals surface area contributed by atoms with Gasteiger partial charge in [-0.15, -0.1) is 0 Å². The number of aromatic amines is 1. The van der Waals surface area contributed by atoms with Crippen LogP contribution in [0.25, 0.3) is 0 Å². The highest BCUT2D eigenvalue weighted by atomic mass is 35.5. The molecule has 1 fully saturated rings. The van der Waals surface area contributed by atoms with Gasteiger partial charge in [0.15, 0.2) is 0 Å². The Morgan fingerprint density at radius 2 is 2.00 bits per heavy atom. The Morgan fingerprint density at radius 3 is 2.70 bits per heavy atom. The van der Waals surface area contributed by atoms with Crippen molar-refractivity contribution < 1.29 is 0 Å². The summed E-state index contributed by atoms with van der Waals surface area (Å²) in [7, 11) is 0. The van der Waals surface area contributed by atoms with E-state index in [9.17, 15) is 0 Å². The number of H-pyrrole nitrogens is 1. The molecule has 1 aromatic carbocycles. The SMILES string of the molecule is Clc1ccc(C2(C3NCCc4cn[nH]c43)CCC2)cc1. The maximum absolute atomic E-state index is 6.04. The van der Waals surface area contributed by atoms with E-state index in [-0.39, 0.29) is 5.41 Å². The Kier molecular flexibility index (Phi) is 2.86.